The molecule has 0 aliphatic carbocycles. The van der Waals surface area contributed by atoms with Crippen molar-refractivity contribution in [3.63, 3.8) is 0 Å². The third kappa shape index (κ3) is 2.55. The van der Waals surface area contributed by atoms with Crippen molar-refractivity contribution in [2.75, 3.05) is 32.9 Å². The van der Waals surface area contributed by atoms with E-state index in [0.717, 1.165) is 25.9 Å². The smallest absolute Gasteiger partial charge is 0.291 e. The number of hydrogen-bond acceptors (Lipinski definition) is 5. The summed E-state index contributed by atoms with van der Waals surface area (Å²) in [5.74, 6) is 0.216. The molecule has 0 unspecified atom stereocenters. The Hall–Kier alpha value is -1.63. The zero-order chi connectivity index (χ0) is 12.4. The molecule has 0 atom stereocenters. The van der Waals surface area contributed by atoms with E-state index in [9.17, 15) is 4.79 Å². The highest BCUT2D eigenvalue weighted by molar-refractivity contribution is 5.90. The molecule has 3 N–H and O–H groups in total. The molecule has 17 heavy (non-hydrogen) atoms. The van der Waals surface area contributed by atoms with Crippen LogP contribution in [0.1, 0.15) is 23.5 Å². The zero-order valence-electron chi connectivity index (χ0n) is 10.2. The summed E-state index contributed by atoms with van der Waals surface area (Å²) >= 11 is 0. The van der Waals surface area contributed by atoms with Crippen molar-refractivity contribution in [1.82, 2.24) is 25.0 Å². The standard InChI is InChI=1S/C10H18N6O/c1-15(2)7-3-5-16(6-4-7)9(17)8-12-10(11)14-13-8/h7H,3-6H2,1-2H3,(H3,11,12,13,14). The summed E-state index contributed by atoms with van der Waals surface area (Å²) < 4.78 is 0. The first-order valence-corrected chi connectivity index (χ1v) is 5.71. The van der Waals surface area contributed by atoms with Crippen LogP contribution in [0.25, 0.3) is 0 Å². The number of aromatic amines is 1. The van der Waals surface area contributed by atoms with Crippen LogP contribution >= 0.6 is 0 Å². The minimum absolute atomic E-state index is 0.108. The molecule has 0 radical (unpaired) electrons. The first-order valence-electron chi connectivity index (χ1n) is 5.71. The molecule has 0 aromatic carbocycles. The molecule has 0 bridgehead atoms. The van der Waals surface area contributed by atoms with Crippen LogP contribution in [0.3, 0.4) is 0 Å². The molecule has 1 aliphatic heterocycles. The predicted octanol–water partition coefficient (Wildman–Crippen LogP) is -0.447. The van der Waals surface area contributed by atoms with Gasteiger partial charge in [-0.05, 0) is 26.9 Å². The monoisotopic (exact) mass is 238 g/mol. The van der Waals surface area contributed by atoms with Gasteiger partial charge in [-0.3, -0.25) is 9.89 Å². The number of likely N-dealkylation sites (tertiary alicyclic amines) is 1. The van der Waals surface area contributed by atoms with Gasteiger partial charge in [-0.15, -0.1) is 5.10 Å². The minimum atomic E-state index is -0.119. The number of hydrogen-bond donors (Lipinski definition) is 2. The largest absolute Gasteiger partial charge is 0.366 e. The van der Waals surface area contributed by atoms with Crippen LogP contribution in [0, 0.1) is 0 Å². The molecule has 1 aliphatic rings. The molecule has 2 rings (SSSR count). The van der Waals surface area contributed by atoms with E-state index in [0.29, 0.717) is 6.04 Å². The summed E-state index contributed by atoms with van der Waals surface area (Å²) in [6.45, 7) is 1.50. The van der Waals surface area contributed by atoms with Gasteiger partial charge in [-0.25, -0.2) is 0 Å². The van der Waals surface area contributed by atoms with E-state index in [2.05, 4.69) is 34.2 Å². The number of piperidine rings is 1. The molecule has 7 nitrogen and oxygen atoms in total. The van der Waals surface area contributed by atoms with Crippen molar-refractivity contribution in [3.05, 3.63) is 5.82 Å². The van der Waals surface area contributed by atoms with Gasteiger partial charge in [0, 0.05) is 19.1 Å². The van der Waals surface area contributed by atoms with Crippen molar-refractivity contribution >= 4 is 11.9 Å². The molecule has 2 heterocycles. The molecule has 1 saturated heterocycles. The van der Waals surface area contributed by atoms with Gasteiger partial charge >= 0.3 is 0 Å². The Balaban J connectivity index is 1.95. The van der Waals surface area contributed by atoms with E-state index in [1.54, 1.807) is 4.90 Å². The molecular weight excluding hydrogens is 220 g/mol. The number of carbonyl (C=O) groups excluding carboxylic acids is 1. The summed E-state index contributed by atoms with van der Waals surface area (Å²) in [7, 11) is 4.14. The van der Waals surface area contributed by atoms with Crippen molar-refractivity contribution in [3.8, 4) is 0 Å². The van der Waals surface area contributed by atoms with Crippen LogP contribution in [-0.4, -0.2) is 64.1 Å². The van der Waals surface area contributed by atoms with Crippen LogP contribution < -0.4 is 5.73 Å². The number of rotatable bonds is 2. The Morgan fingerprint density at radius 2 is 2.12 bits per heavy atom. The van der Waals surface area contributed by atoms with E-state index in [1.807, 2.05) is 0 Å². The van der Waals surface area contributed by atoms with Gasteiger partial charge in [0.25, 0.3) is 5.91 Å². The summed E-state index contributed by atoms with van der Waals surface area (Å²) in [5.41, 5.74) is 5.38. The number of nitrogen functional groups attached to an aromatic ring is 1. The van der Waals surface area contributed by atoms with Crippen molar-refractivity contribution < 1.29 is 4.79 Å². The second kappa shape index (κ2) is 4.70. The fraction of sp³-hybridized carbons (Fsp3) is 0.700. The van der Waals surface area contributed by atoms with E-state index in [4.69, 9.17) is 5.73 Å². The number of nitrogens with zero attached hydrogens (tertiary/aromatic N) is 4. The number of nitrogens with two attached hydrogens (primary N) is 1. The second-order valence-corrected chi connectivity index (χ2v) is 4.53. The van der Waals surface area contributed by atoms with Gasteiger partial charge in [0.15, 0.2) is 0 Å². The van der Waals surface area contributed by atoms with Crippen molar-refractivity contribution in [1.29, 1.82) is 0 Å². The fourth-order valence-electron chi connectivity index (χ4n) is 2.11. The van der Waals surface area contributed by atoms with E-state index >= 15 is 0 Å². The van der Waals surface area contributed by atoms with E-state index in [1.165, 1.54) is 0 Å². The number of H-pyrrole nitrogens is 1. The van der Waals surface area contributed by atoms with Crippen LogP contribution in [0.2, 0.25) is 0 Å². The zero-order valence-corrected chi connectivity index (χ0v) is 10.2. The quantitative estimate of drug-likeness (QED) is 0.728. The molecule has 0 saturated carbocycles. The Morgan fingerprint density at radius 1 is 1.47 bits per heavy atom. The van der Waals surface area contributed by atoms with Gasteiger partial charge in [0.2, 0.25) is 11.8 Å². The van der Waals surface area contributed by atoms with Crippen LogP contribution in [0.5, 0.6) is 0 Å². The van der Waals surface area contributed by atoms with Gasteiger partial charge in [-0.1, -0.05) is 0 Å². The molecule has 1 aromatic heterocycles. The highest BCUT2D eigenvalue weighted by atomic mass is 16.2. The highest BCUT2D eigenvalue weighted by Crippen LogP contribution is 2.15. The number of carbonyl (C=O) groups is 1. The summed E-state index contributed by atoms with van der Waals surface area (Å²) in [6.07, 6.45) is 1.98. The lowest BCUT2D eigenvalue weighted by molar-refractivity contribution is 0.0651. The lowest BCUT2D eigenvalue weighted by Gasteiger charge is -2.34. The van der Waals surface area contributed by atoms with E-state index < -0.39 is 0 Å². The maximum Gasteiger partial charge on any atom is 0.291 e. The lowest BCUT2D eigenvalue weighted by Crippen LogP contribution is -2.44. The molecule has 1 amide bonds. The normalized spacial score (nSPS) is 17.7. The topological polar surface area (TPSA) is 91.1 Å². The molecule has 94 valence electrons. The third-order valence-corrected chi connectivity index (χ3v) is 3.19. The molecular formula is C10H18N6O. The number of aromatic nitrogens is 3. The first-order chi connectivity index (χ1) is 8.08. The molecule has 7 heteroatoms. The number of amides is 1. The number of anilines is 1. The third-order valence-electron chi connectivity index (χ3n) is 3.19. The van der Waals surface area contributed by atoms with Crippen LogP contribution in [-0.2, 0) is 0 Å². The van der Waals surface area contributed by atoms with Gasteiger partial charge in [0.05, 0.1) is 0 Å². The molecule has 1 aromatic rings. The van der Waals surface area contributed by atoms with Crippen molar-refractivity contribution in [2.24, 2.45) is 0 Å². The number of nitrogens with one attached hydrogen (secondary N) is 1. The predicted molar refractivity (Wildman–Crippen MR) is 63.4 cm³/mol. The van der Waals surface area contributed by atoms with E-state index in [-0.39, 0.29) is 17.7 Å². The molecule has 0 spiro atoms. The molecule has 1 fully saturated rings. The van der Waals surface area contributed by atoms with Gasteiger partial charge < -0.3 is 15.5 Å². The Bertz CT molecular complexity index is 393. The second-order valence-electron chi connectivity index (χ2n) is 4.53. The first kappa shape index (κ1) is 11.8. The summed E-state index contributed by atoms with van der Waals surface area (Å²) in [5, 5.41) is 6.21. The Morgan fingerprint density at radius 3 is 2.59 bits per heavy atom. The Labute approximate surface area is 100.0 Å². The average Bonchev–Trinajstić information content (AvgIpc) is 2.75. The average molecular weight is 238 g/mol. The summed E-state index contributed by atoms with van der Waals surface area (Å²) in [4.78, 5) is 19.9. The van der Waals surface area contributed by atoms with Crippen LogP contribution in [0.15, 0.2) is 0 Å². The highest BCUT2D eigenvalue weighted by Gasteiger charge is 2.26. The van der Waals surface area contributed by atoms with Crippen LogP contribution in [0.4, 0.5) is 5.95 Å². The van der Waals surface area contributed by atoms with Gasteiger partial charge in [-0.2, -0.15) is 4.98 Å². The minimum Gasteiger partial charge on any atom is -0.366 e. The lowest BCUT2D eigenvalue weighted by atomic mass is 10.0. The maximum absolute atomic E-state index is 12.0. The van der Waals surface area contributed by atoms with Gasteiger partial charge in [0.1, 0.15) is 0 Å². The Kier molecular flexibility index (Phi) is 3.28. The maximum atomic E-state index is 12.0. The SMILES string of the molecule is CN(C)C1CCN(C(=O)c2nc(N)n[nH]2)CC1. The fourth-order valence-corrected chi connectivity index (χ4v) is 2.11. The van der Waals surface area contributed by atoms with Crippen molar-refractivity contribution in [2.45, 2.75) is 18.9 Å². The summed E-state index contributed by atoms with van der Waals surface area (Å²) in [6, 6.07) is 0.554.